The van der Waals surface area contributed by atoms with Gasteiger partial charge < -0.3 is 14.7 Å². The van der Waals surface area contributed by atoms with Gasteiger partial charge in [-0.2, -0.15) is 0 Å². The number of hydrogen-bond donors (Lipinski definition) is 1. The van der Waals surface area contributed by atoms with Crippen molar-refractivity contribution in [3.05, 3.63) is 23.8 Å². The van der Waals surface area contributed by atoms with Gasteiger partial charge in [0.15, 0.2) is 11.5 Å². The highest BCUT2D eigenvalue weighted by Crippen LogP contribution is 2.30. The Morgan fingerprint density at radius 3 is 2.50 bits per heavy atom. The summed E-state index contributed by atoms with van der Waals surface area (Å²) in [5, 5.41) is 9.96. The summed E-state index contributed by atoms with van der Waals surface area (Å²) in [6.45, 7) is 4.09. The van der Waals surface area contributed by atoms with Gasteiger partial charge in [-0.1, -0.05) is 19.9 Å². The van der Waals surface area contributed by atoms with Gasteiger partial charge in [-0.3, -0.25) is 4.79 Å². The molecule has 0 spiro atoms. The SMILES string of the molecule is CCC(CC)N(C)C(=O)c1cccc(OC)c1O. The van der Waals surface area contributed by atoms with Gasteiger partial charge in [0.05, 0.1) is 12.7 Å². The maximum Gasteiger partial charge on any atom is 0.257 e. The molecule has 0 saturated carbocycles. The molecule has 0 unspecified atom stereocenters. The summed E-state index contributed by atoms with van der Waals surface area (Å²) in [7, 11) is 3.23. The van der Waals surface area contributed by atoms with Gasteiger partial charge in [0.25, 0.3) is 5.91 Å². The smallest absolute Gasteiger partial charge is 0.257 e. The molecule has 0 aliphatic heterocycles. The lowest BCUT2D eigenvalue weighted by Crippen LogP contribution is -2.36. The fraction of sp³-hybridized carbons (Fsp3) is 0.500. The molecule has 1 amide bonds. The monoisotopic (exact) mass is 251 g/mol. The maximum atomic E-state index is 12.3. The van der Waals surface area contributed by atoms with Crippen LogP contribution in [0.5, 0.6) is 11.5 Å². The van der Waals surface area contributed by atoms with Crippen LogP contribution in [0, 0.1) is 0 Å². The zero-order valence-electron chi connectivity index (χ0n) is 11.4. The van der Waals surface area contributed by atoms with Crippen LogP contribution >= 0.6 is 0 Å². The molecule has 18 heavy (non-hydrogen) atoms. The molecule has 0 saturated heterocycles. The molecular weight excluding hydrogens is 230 g/mol. The molecule has 1 aromatic rings. The van der Waals surface area contributed by atoms with Gasteiger partial charge in [0.1, 0.15) is 0 Å². The number of carbonyl (C=O) groups is 1. The number of rotatable bonds is 5. The fourth-order valence-corrected chi connectivity index (χ4v) is 2.05. The molecule has 0 fully saturated rings. The number of para-hydroxylation sites is 1. The molecule has 1 rings (SSSR count). The minimum Gasteiger partial charge on any atom is -0.504 e. The Morgan fingerprint density at radius 1 is 1.39 bits per heavy atom. The van der Waals surface area contributed by atoms with E-state index in [-0.39, 0.29) is 23.3 Å². The van der Waals surface area contributed by atoms with Crippen molar-refractivity contribution in [2.45, 2.75) is 32.7 Å². The molecule has 0 heterocycles. The Labute approximate surface area is 108 Å². The summed E-state index contributed by atoms with van der Waals surface area (Å²) in [5.74, 6) is 0.0432. The van der Waals surface area contributed by atoms with E-state index in [0.29, 0.717) is 5.75 Å². The average molecular weight is 251 g/mol. The lowest BCUT2D eigenvalue weighted by atomic mass is 10.1. The Kier molecular flexibility index (Phi) is 5.01. The summed E-state index contributed by atoms with van der Waals surface area (Å²) in [6.07, 6.45) is 1.78. The molecule has 100 valence electrons. The first-order valence-electron chi connectivity index (χ1n) is 6.19. The molecule has 0 aliphatic rings. The van der Waals surface area contributed by atoms with E-state index in [1.165, 1.54) is 7.11 Å². The molecule has 0 aliphatic carbocycles. The van der Waals surface area contributed by atoms with Gasteiger partial charge in [0.2, 0.25) is 0 Å². The first kappa shape index (κ1) is 14.4. The second kappa shape index (κ2) is 6.28. The third-order valence-electron chi connectivity index (χ3n) is 3.26. The summed E-state index contributed by atoms with van der Waals surface area (Å²) < 4.78 is 5.01. The van der Waals surface area contributed by atoms with Crippen molar-refractivity contribution >= 4 is 5.91 Å². The Morgan fingerprint density at radius 2 is 2.00 bits per heavy atom. The van der Waals surface area contributed by atoms with Gasteiger partial charge in [-0.15, -0.1) is 0 Å². The number of aromatic hydroxyl groups is 1. The summed E-state index contributed by atoms with van der Waals surface area (Å²) >= 11 is 0. The van der Waals surface area contributed by atoms with Gasteiger partial charge in [-0.25, -0.2) is 0 Å². The van der Waals surface area contributed by atoms with E-state index in [1.54, 1.807) is 30.1 Å². The van der Waals surface area contributed by atoms with Crippen LogP contribution in [0.3, 0.4) is 0 Å². The molecule has 4 nitrogen and oxygen atoms in total. The van der Waals surface area contributed by atoms with Crippen molar-refractivity contribution in [1.29, 1.82) is 0 Å². The molecule has 4 heteroatoms. The van der Waals surface area contributed by atoms with Crippen LogP contribution in [0.4, 0.5) is 0 Å². The van der Waals surface area contributed by atoms with Crippen LogP contribution in [0.25, 0.3) is 0 Å². The molecular formula is C14H21NO3. The second-order valence-corrected chi connectivity index (χ2v) is 4.24. The lowest BCUT2D eigenvalue weighted by Gasteiger charge is -2.26. The predicted octanol–water partition coefficient (Wildman–Crippen LogP) is 2.66. The highest BCUT2D eigenvalue weighted by molar-refractivity contribution is 5.97. The standard InChI is InChI=1S/C14H21NO3/c1-5-10(6-2)15(3)14(17)11-8-7-9-12(18-4)13(11)16/h7-10,16H,5-6H2,1-4H3. The predicted molar refractivity (Wildman–Crippen MR) is 71.1 cm³/mol. The molecule has 1 N–H and O–H groups in total. The largest absolute Gasteiger partial charge is 0.504 e. The van der Waals surface area contributed by atoms with Crippen LogP contribution in [0.1, 0.15) is 37.0 Å². The van der Waals surface area contributed by atoms with Gasteiger partial charge in [0, 0.05) is 13.1 Å². The van der Waals surface area contributed by atoms with Crippen LogP contribution < -0.4 is 4.74 Å². The first-order chi connectivity index (χ1) is 8.56. The molecule has 1 aromatic carbocycles. The van der Waals surface area contributed by atoms with E-state index in [2.05, 4.69) is 0 Å². The number of phenolic OH excluding ortho intramolecular Hbond substituents is 1. The number of phenols is 1. The normalized spacial score (nSPS) is 10.5. The maximum absolute atomic E-state index is 12.3. The van der Waals surface area contributed by atoms with Crippen molar-refractivity contribution in [2.24, 2.45) is 0 Å². The summed E-state index contributed by atoms with van der Waals surface area (Å²) in [5.41, 5.74) is 0.281. The van der Waals surface area contributed by atoms with E-state index in [1.807, 2.05) is 13.8 Å². The topological polar surface area (TPSA) is 49.8 Å². The average Bonchev–Trinajstić information content (AvgIpc) is 2.39. The highest BCUT2D eigenvalue weighted by Gasteiger charge is 2.22. The van der Waals surface area contributed by atoms with E-state index in [9.17, 15) is 9.90 Å². The van der Waals surface area contributed by atoms with E-state index in [4.69, 9.17) is 4.74 Å². The number of nitrogens with zero attached hydrogens (tertiary/aromatic N) is 1. The first-order valence-corrected chi connectivity index (χ1v) is 6.19. The lowest BCUT2D eigenvalue weighted by molar-refractivity contribution is 0.0720. The number of hydrogen-bond acceptors (Lipinski definition) is 3. The minimum absolute atomic E-state index is 0.0946. The second-order valence-electron chi connectivity index (χ2n) is 4.24. The molecule has 0 bridgehead atoms. The van der Waals surface area contributed by atoms with Crippen LogP contribution in [-0.4, -0.2) is 36.1 Å². The molecule has 0 radical (unpaired) electrons. The zero-order chi connectivity index (χ0) is 13.7. The van der Waals surface area contributed by atoms with Crippen molar-refractivity contribution < 1.29 is 14.6 Å². The number of benzene rings is 1. The third-order valence-corrected chi connectivity index (χ3v) is 3.26. The molecule has 0 atom stereocenters. The van der Waals surface area contributed by atoms with Crippen molar-refractivity contribution in [3.8, 4) is 11.5 Å². The quantitative estimate of drug-likeness (QED) is 0.875. The minimum atomic E-state index is -0.180. The van der Waals surface area contributed by atoms with Crippen molar-refractivity contribution in [1.82, 2.24) is 4.90 Å². The summed E-state index contributed by atoms with van der Waals surface area (Å²) in [4.78, 5) is 14.0. The van der Waals surface area contributed by atoms with Crippen molar-refractivity contribution in [3.63, 3.8) is 0 Å². The molecule has 0 aromatic heterocycles. The number of ether oxygens (including phenoxy) is 1. The van der Waals surface area contributed by atoms with E-state index >= 15 is 0 Å². The van der Waals surface area contributed by atoms with E-state index in [0.717, 1.165) is 12.8 Å². The Bertz CT molecular complexity index is 414. The third kappa shape index (κ3) is 2.75. The fourth-order valence-electron chi connectivity index (χ4n) is 2.05. The highest BCUT2D eigenvalue weighted by atomic mass is 16.5. The number of amides is 1. The van der Waals surface area contributed by atoms with Gasteiger partial charge in [-0.05, 0) is 25.0 Å². The van der Waals surface area contributed by atoms with Crippen LogP contribution in [-0.2, 0) is 0 Å². The Balaban J connectivity index is 3.03. The summed E-state index contributed by atoms with van der Waals surface area (Å²) in [6, 6.07) is 5.12. The van der Waals surface area contributed by atoms with E-state index < -0.39 is 0 Å². The zero-order valence-corrected chi connectivity index (χ0v) is 11.4. The van der Waals surface area contributed by atoms with Crippen LogP contribution in [0.15, 0.2) is 18.2 Å². The van der Waals surface area contributed by atoms with Gasteiger partial charge >= 0.3 is 0 Å². The van der Waals surface area contributed by atoms with Crippen LogP contribution in [0.2, 0.25) is 0 Å². The number of carbonyl (C=O) groups excluding carboxylic acids is 1. The van der Waals surface area contributed by atoms with Crippen molar-refractivity contribution in [2.75, 3.05) is 14.2 Å². The number of methoxy groups -OCH3 is 1. The Hall–Kier alpha value is -1.71.